The standard InChI is InChI=1S/C24H25N7O2/c1-31-19(10-11-27-31)15-8-9-18(20(12-15)32-2)28-24-29-22-21(16(13-25)14-26-22)23(30-24)33-17-6-4-3-5-7-17/h8-12,14,17H,3-7H2,1-2H3,(H2,26,28,29,30). The van der Waals surface area contributed by atoms with Gasteiger partial charge >= 0.3 is 0 Å². The van der Waals surface area contributed by atoms with Gasteiger partial charge in [-0.15, -0.1) is 0 Å². The van der Waals surface area contributed by atoms with Crippen LogP contribution in [-0.2, 0) is 7.05 Å². The zero-order valence-electron chi connectivity index (χ0n) is 18.6. The van der Waals surface area contributed by atoms with Gasteiger partial charge in [-0.1, -0.05) is 12.5 Å². The quantitative estimate of drug-likeness (QED) is 0.444. The molecule has 0 saturated heterocycles. The largest absolute Gasteiger partial charge is 0.495 e. The van der Waals surface area contributed by atoms with Crippen LogP contribution in [0.1, 0.15) is 37.7 Å². The molecule has 3 heterocycles. The molecule has 5 rings (SSSR count). The number of aromatic nitrogens is 5. The average molecular weight is 444 g/mol. The molecule has 0 spiro atoms. The van der Waals surface area contributed by atoms with E-state index in [-0.39, 0.29) is 6.10 Å². The number of nitrogens with zero attached hydrogens (tertiary/aromatic N) is 5. The Hall–Kier alpha value is -4.06. The number of nitrogens with one attached hydrogen (secondary N) is 2. The molecule has 9 nitrogen and oxygen atoms in total. The zero-order chi connectivity index (χ0) is 22.8. The molecule has 2 N–H and O–H groups in total. The van der Waals surface area contributed by atoms with Crippen LogP contribution in [0.2, 0.25) is 0 Å². The highest BCUT2D eigenvalue weighted by Gasteiger charge is 2.21. The number of fused-ring (bicyclic) bond motifs is 1. The summed E-state index contributed by atoms with van der Waals surface area (Å²) < 4.78 is 13.7. The van der Waals surface area contributed by atoms with E-state index in [4.69, 9.17) is 9.47 Å². The van der Waals surface area contributed by atoms with Crippen LogP contribution < -0.4 is 14.8 Å². The Balaban J connectivity index is 1.50. The number of nitriles is 1. The highest BCUT2D eigenvalue weighted by molar-refractivity contribution is 5.88. The predicted octanol–water partition coefficient (Wildman–Crippen LogP) is 4.69. The van der Waals surface area contributed by atoms with Crippen molar-refractivity contribution in [1.29, 1.82) is 5.26 Å². The number of H-pyrrole nitrogens is 1. The van der Waals surface area contributed by atoms with Gasteiger partial charge < -0.3 is 19.8 Å². The van der Waals surface area contributed by atoms with Gasteiger partial charge in [0.05, 0.1) is 29.4 Å². The zero-order valence-corrected chi connectivity index (χ0v) is 18.6. The molecule has 9 heteroatoms. The van der Waals surface area contributed by atoms with E-state index < -0.39 is 0 Å². The van der Waals surface area contributed by atoms with E-state index in [2.05, 4.69) is 31.4 Å². The van der Waals surface area contributed by atoms with Crippen molar-refractivity contribution in [3.05, 3.63) is 42.2 Å². The molecular formula is C24H25N7O2. The topological polar surface area (TPSA) is 114 Å². The third-order valence-electron chi connectivity index (χ3n) is 6.01. The van der Waals surface area contributed by atoms with Crippen molar-refractivity contribution >= 4 is 22.7 Å². The van der Waals surface area contributed by atoms with Gasteiger partial charge in [-0.25, -0.2) is 0 Å². The number of hydrogen-bond acceptors (Lipinski definition) is 7. The molecule has 0 bridgehead atoms. The summed E-state index contributed by atoms with van der Waals surface area (Å²) in [5.41, 5.74) is 3.72. The number of benzene rings is 1. The minimum atomic E-state index is 0.0962. The fourth-order valence-corrected chi connectivity index (χ4v) is 4.30. The van der Waals surface area contributed by atoms with Gasteiger partial charge in [-0.2, -0.15) is 20.3 Å². The van der Waals surface area contributed by atoms with E-state index in [1.165, 1.54) is 6.42 Å². The van der Waals surface area contributed by atoms with E-state index in [1.807, 2.05) is 36.0 Å². The minimum absolute atomic E-state index is 0.0962. The van der Waals surface area contributed by atoms with Gasteiger partial charge in [0.25, 0.3) is 0 Å². The van der Waals surface area contributed by atoms with E-state index in [0.717, 1.165) is 42.6 Å². The van der Waals surface area contributed by atoms with Crippen molar-refractivity contribution in [2.24, 2.45) is 7.05 Å². The Labute approximate surface area is 191 Å². The van der Waals surface area contributed by atoms with Crippen LogP contribution in [0.3, 0.4) is 0 Å². The molecule has 1 saturated carbocycles. The monoisotopic (exact) mass is 443 g/mol. The van der Waals surface area contributed by atoms with Crippen LogP contribution in [0.25, 0.3) is 22.3 Å². The van der Waals surface area contributed by atoms with Crippen LogP contribution >= 0.6 is 0 Å². The van der Waals surface area contributed by atoms with Crippen molar-refractivity contribution in [3.8, 4) is 29.0 Å². The maximum Gasteiger partial charge on any atom is 0.232 e. The predicted molar refractivity (Wildman–Crippen MR) is 125 cm³/mol. The van der Waals surface area contributed by atoms with E-state index in [1.54, 1.807) is 19.5 Å². The normalized spacial score (nSPS) is 14.2. The van der Waals surface area contributed by atoms with Crippen molar-refractivity contribution in [1.82, 2.24) is 24.7 Å². The minimum Gasteiger partial charge on any atom is -0.495 e. The first kappa shape index (κ1) is 20.8. The second-order valence-electron chi connectivity index (χ2n) is 8.15. The van der Waals surface area contributed by atoms with Crippen LogP contribution in [0.5, 0.6) is 11.6 Å². The second-order valence-corrected chi connectivity index (χ2v) is 8.15. The highest BCUT2D eigenvalue weighted by atomic mass is 16.5. The molecular weight excluding hydrogens is 418 g/mol. The number of aromatic amines is 1. The summed E-state index contributed by atoms with van der Waals surface area (Å²) in [5, 5.41) is 17.6. The lowest BCUT2D eigenvalue weighted by atomic mass is 9.98. The average Bonchev–Trinajstić information content (AvgIpc) is 3.46. The number of rotatable bonds is 6. The van der Waals surface area contributed by atoms with Gasteiger partial charge in [0.1, 0.15) is 23.6 Å². The molecule has 3 aromatic heterocycles. The van der Waals surface area contributed by atoms with Crippen LogP contribution in [-0.4, -0.2) is 37.9 Å². The third-order valence-corrected chi connectivity index (χ3v) is 6.01. The molecule has 168 valence electrons. The molecule has 1 aromatic carbocycles. The number of ether oxygens (including phenoxy) is 2. The molecule has 1 aliphatic rings. The Kier molecular flexibility index (Phi) is 5.57. The Bertz CT molecular complexity index is 1330. The van der Waals surface area contributed by atoms with Gasteiger partial charge in [0.15, 0.2) is 0 Å². The third kappa shape index (κ3) is 4.07. The van der Waals surface area contributed by atoms with Crippen LogP contribution in [0.4, 0.5) is 11.6 Å². The van der Waals surface area contributed by atoms with Crippen molar-refractivity contribution in [2.75, 3.05) is 12.4 Å². The SMILES string of the molecule is COc1cc(-c2ccnn2C)ccc1Nc1nc(OC2CCCCC2)c2c(C#N)c[nH]c2n1. The number of aryl methyl sites for hydroxylation is 1. The number of anilines is 2. The summed E-state index contributed by atoms with van der Waals surface area (Å²) in [5.74, 6) is 1.44. The first-order valence-corrected chi connectivity index (χ1v) is 11.1. The molecule has 0 amide bonds. The maximum absolute atomic E-state index is 9.53. The fraction of sp³-hybridized carbons (Fsp3) is 0.333. The number of methoxy groups -OCH3 is 1. The van der Waals surface area contributed by atoms with Crippen molar-refractivity contribution in [3.63, 3.8) is 0 Å². The lowest BCUT2D eigenvalue weighted by molar-refractivity contribution is 0.151. The Morgan fingerprint density at radius 3 is 2.76 bits per heavy atom. The Morgan fingerprint density at radius 1 is 1.18 bits per heavy atom. The molecule has 0 unspecified atom stereocenters. The lowest BCUT2D eigenvalue weighted by Crippen LogP contribution is -2.20. The lowest BCUT2D eigenvalue weighted by Gasteiger charge is -2.23. The number of hydrogen-bond donors (Lipinski definition) is 2. The molecule has 0 aliphatic heterocycles. The van der Waals surface area contributed by atoms with E-state index >= 15 is 0 Å². The molecule has 0 radical (unpaired) electrons. The molecule has 33 heavy (non-hydrogen) atoms. The summed E-state index contributed by atoms with van der Waals surface area (Å²) in [6.07, 6.45) is 8.99. The fourth-order valence-electron chi connectivity index (χ4n) is 4.30. The Morgan fingerprint density at radius 2 is 2.03 bits per heavy atom. The smallest absolute Gasteiger partial charge is 0.232 e. The van der Waals surface area contributed by atoms with Crippen LogP contribution in [0, 0.1) is 11.3 Å². The maximum atomic E-state index is 9.53. The van der Waals surface area contributed by atoms with Crippen molar-refractivity contribution in [2.45, 2.75) is 38.2 Å². The second kappa shape index (κ2) is 8.82. The van der Waals surface area contributed by atoms with Gasteiger partial charge in [0.2, 0.25) is 11.8 Å². The van der Waals surface area contributed by atoms with E-state index in [0.29, 0.717) is 34.2 Å². The summed E-state index contributed by atoms with van der Waals surface area (Å²) in [6, 6.07) is 10.0. The molecule has 4 aromatic rings. The summed E-state index contributed by atoms with van der Waals surface area (Å²) >= 11 is 0. The summed E-state index contributed by atoms with van der Waals surface area (Å²) in [6.45, 7) is 0. The van der Waals surface area contributed by atoms with Gasteiger partial charge in [0, 0.05) is 25.0 Å². The molecule has 1 fully saturated rings. The van der Waals surface area contributed by atoms with Gasteiger partial charge in [-0.05, 0) is 43.9 Å². The summed E-state index contributed by atoms with van der Waals surface area (Å²) in [4.78, 5) is 12.3. The van der Waals surface area contributed by atoms with E-state index in [9.17, 15) is 5.26 Å². The molecule has 0 atom stereocenters. The first-order chi connectivity index (χ1) is 16.2. The first-order valence-electron chi connectivity index (χ1n) is 11.1. The van der Waals surface area contributed by atoms with Crippen LogP contribution in [0.15, 0.2) is 36.7 Å². The van der Waals surface area contributed by atoms with Crippen molar-refractivity contribution < 1.29 is 9.47 Å². The highest BCUT2D eigenvalue weighted by Crippen LogP contribution is 2.34. The molecule has 1 aliphatic carbocycles. The van der Waals surface area contributed by atoms with Gasteiger partial charge in [-0.3, -0.25) is 4.68 Å². The summed E-state index contributed by atoms with van der Waals surface area (Å²) in [7, 11) is 3.52.